The van der Waals surface area contributed by atoms with Crippen LogP contribution < -0.4 is 4.74 Å². The van der Waals surface area contributed by atoms with Crippen molar-refractivity contribution in [3.8, 4) is 11.5 Å². The van der Waals surface area contributed by atoms with E-state index in [4.69, 9.17) is 9.84 Å². The predicted molar refractivity (Wildman–Crippen MR) is 53.2 cm³/mol. The van der Waals surface area contributed by atoms with Gasteiger partial charge < -0.3 is 14.9 Å². The first kappa shape index (κ1) is 11.3. The first-order chi connectivity index (χ1) is 7.02. The smallest absolute Gasteiger partial charge is 0.358 e. The lowest BCUT2D eigenvalue weighted by Crippen LogP contribution is -2.07. The molecule has 0 aliphatic rings. The average Bonchev–Trinajstić information content (AvgIpc) is 2.15. The fourth-order valence-electron chi connectivity index (χ4n) is 0.966. The van der Waals surface area contributed by atoms with Crippen molar-refractivity contribution in [1.29, 1.82) is 0 Å². The minimum Gasteiger partial charge on any atom is -0.503 e. The van der Waals surface area contributed by atoms with Gasteiger partial charge >= 0.3 is 5.97 Å². The summed E-state index contributed by atoms with van der Waals surface area (Å²) >= 11 is 0. The highest BCUT2D eigenvalue weighted by Gasteiger charge is 2.15. The maximum Gasteiger partial charge on any atom is 0.358 e. The molecule has 0 radical (unpaired) electrons. The molecular formula is C10H13NO4. The van der Waals surface area contributed by atoms with Crippen molar-refractivity contribution in [3.63, 3.8) is 0 Å². The third-order valence-corrected chi connectivity index (χ3v) is 1.66. The van der Waals surface area contributed by atoms with Crippen molar-refractivity contribution in [2.75, 3.05) is 6.61 Å². The van der Waals surface area contributed by atoms with Crippen LogP contribution >= 0.6 is 0 Å². The van der Waals surface area contributed by atoms with Gasteiger partial charge in [-0.1, -0.05) is 13.8 Å². The zero-order valence-electron chi connectivity index (χ0n) is 8.60. The zero-order valence-corrected chi connectivity index (χ0v) is 8.60. The first-order valence-corrected chi connectivity index (χ1v) is 4.56. The van der Waals surface area contributed by atoms with Gasteiger partial charge in [0.15, 0.2) is 17.2 Å². The van der Waals surface area contributed by atoms with Crippen molar-refractivity contribution in [1.82, 2.24) is 4.98 Å². The Morgan fingerprint density at radius 2 is 2.27 bits per heavy atom. The van der Waals surface area contributed by atoms with Crippen molar-refractivity contribution in [2.24, 2.45) is 5.92 Å². The summed E-state index contributed by atoms with van der Waals surface area (Å²) in [5.74, 6) is -1.25. The van der Waals surface area contributed by atoms with Gasteiger partial charge in [0, 0.05) is 12.3 Å². The molecule has 0 aliphatic heterocycles. The second-order valence-corrected chi connectivity index (χ2v) is 3.52. The minimum absolute atomic E-state index is 0.149. The van der Waals surface area contributed by atoms with E-state index in [2.05, 4.69) is 4.98 Å². The molecule has 2 N–H and O–H groups in total. The molecule has 0 fully saturated rings. The Kier molecular flexibility index (Phi) is 3.49. The molecule has 1 rings (SSSR count). The van der Waals surface area contributed by atoms with Crippen LogP contribution in [0.25, 0.3) is 0 Å². The van der Waals surface area contributed by atoms with E-state index in [0.717, 1.165) is 0 Å². The van der Waals surface area contributed by atoms with E-state index in [1.165, 1.54) is 12.3 Å². The highest BCUT2D eigenvalue weighted by atomic mass is 16.5. The molecule has 0 amide bonds. The second kappa shape index (κ2) is 4.63. The van der Waals surface area contributed by atoms with Crippen LogP contribution in [0.5, 0.6) is 11.5 Å². The molecule has 0 aliphatic carbocycles. The number of carbonyl (C=O) groups is 1. The number of rotatable bonds is 4. The van der Waals surface area contributed by atoms with Crippen LogP contribution in [-0.4, -0.2) is 27.8 Å². The lowest BCUT2D eigenvalue weighted by atomic mass is 10.2. The highest BCUT2D eigenvalue weighted by Crippen LogP contribution is 2.28. The van der Waals surface area contributed by atoms with Gasteiger partial charge in [-0.2, -0.15) is 0 Å². The van der Waals surface area contributed by atoms with Crippen molar-refractivity contribution < 1.29 is 19.7 Å². The van der Waals surface area contributed by atoms with Gasteiger partial charge in [0.25, 0.3) is 0 Å². The molecule has 0 unspecified atom stereocenters. The maximum atomic E-state index is 10.6. The van der Waals surface area contributed by atoms with E-state index < -0.39 is 17.4 Å². The summed E-state index contributed by atoms with van der Waals surface area (Å²) in [6.45, 7) is 4.32. The number of nitrogens with zero attached hydrogens (tertiary/aromatic N) is 1. The molecule has 0 saturated carbocycles. The van der Waals surface area contributed by atoms with Crippen molar-refractivity contribution >= 4 is 5.97 Å². The minimum atomic E-state index is -1.28. The summed E-state index contributed by atoms with van der Waals surface area (Å²) in [7, 11) is 0. The Hall–Kier alpha value is -1.78. The third kappa shape index (κ3) is 2.83. The number of hydrogen-bond acceptors (Lipinski definition) is 4. The molecule has 1 heterocycles. The Balaban J connectivity index is 2.89. The Morgan fingerprint density at radius 3 is 2.80 bits per heavy atom. The Bertz CT molecular complexity index is 362. The number of ether oxygens (including phenoxy) is 1. The summed E-state index contributed by atoms with van der Waals surface area (Å²) in [5, 5.41) is 18.2. The van der Waals surface area contributed by atoms with Gasteiger partial charge in [-0.05, 0) is 5.92 Å². The fourth-order valence-corrected chi connectivity index (χ4v) is 0.966. The molecule has 5 heteroatoms. The largest absolute Gasteiger partial charge is 0.503 e. The van der Waals surface area contributed by atoms with E-state index in [1.807, 2.05) is 13.8 Å². The van der Waals surface area contributed by atoms with E-state index in [-0.39, 0.29) is 5.75 Å². The first-order valence-electron chi connectivity index (χ1n) is 4.56. The lowest BCUT2D eigenvalue weighted by molar-refractivity contribution is 0.0686. The summed E-state index contributed by atoms with van der Waals surface area (Å²) in [6.07, 6.45) is 1.29. The van der Waals surface area contributed by atoms with E-state index in [9.17, 15) is 9.90 Å². The van der Waals surface area contributed by atoms with Crippen LogP contribution in [0, 0.1) is 5.92 Å². The monoisotopic (exact) mass is 211 g/mol. The second-order valence-electron chi connectivity index (χ2n) is 3.52. The number of carboxylic acid groups (broad SMARTS) is 1. The number of hydrogen-bond donors (Lipinski definition) is 2. The topological polar surface area (TPSA) is 79.7 Å². The quantitative estimate of drug-likeness (QED) is 0.789. The van der Waals surface area contributed by atoms with Crippen LogP contribution in [0.3, 0.4) is 0 Å². The van der Waals surface area contributed by atoms with Crippen molar-refractivity contribution in [2.45, 2.75) is 13.8 Å². The van der Waals surface area contributed by atoms with Gasteiger partial charge in [-0.25, -0.2) is 9.78 Å². The Morgan fingerprint density at radius 1 is 1.60 bits per heavy atom. The third-order valence-electron chi connectivity index (χ3n) is 1.66. The van der Waals surface area contributed by atoms with E-state index in [1.54, 1.807) is 0 Å². The molecule has 0 saturated heterocycles. The van der Waals surface area contributed by atoms with Crippen molar-refractivity contribution in [3.05, 3.63) is 18.0 Å². The number of carboxylic acids is 1. The lowest BCUT2D eigenvalue weighted by Gasteiger charge is -2.10. The van der Waals surface area contributed by atoms with Gasteiger partial charge in [0.1, 0.15) is 0 Å². The van der Waals surface area contributed by atoms with E-state index >= 15 is 0 Å². The van der Waals surface area contributed by atoms with Crippen LogP contribution in [0.1, 0.15) is 24.3 Å². The predicted octanol–water partition coefficient (Wildman–Crippen LogP) is 1.52. The standard InChI is InChI=1S/C10H13NO4/c1-6(2)5-15-7-3-4-11-8(9(7)12)10(13)14/h3-4,6,12H,5H2,1-2H3,(H,13,14). The van der Waals surface area contributed by atoms with Crippen LogP contribution in [0.2, 0.25) is 0 Å². The molecule has 1 aromatic heterocycles. The molecule has 0 aromatic carbocycles. The van der Waals surface area contributed by atoms with Crippen LogP contribution in [-0.2, 0) is 0 Å². The molecule has 0 spiro atoms. The number of aromatic nitrogens is 1. The SMILES string of the molecule is CC(C)COc1ccnc(C(=O)O)c1O. The Labute approximate surface area is 87.3 Å². The summed E-state index contributed by atoms with van der Waals surface area (Å²) in [5.41, 5.74) is -0.392. The van der Waals surface area contributed by atoms with Gasteiger partial charge in [-0.3, -0.25) is 0 Å². The number of pyridine rings is 1. The van der Waals surface area contributed by atoms with Crippen LogP contribution in [0.15, 0.2) is 12.3 Å². The summed E-state index contributed by atoms with van der Waals surface area (Å²) in [4.78, 5) is 14.2. The zero-order chi connectivity index (χ0) is 11.4. The normalized spacial score (nSPS) is 10.3. The fraction of sp³-hybridized carbons (Fsp3) is 0.400. The average molecular weight is 211 g/mol. The van der Waals surface area contributed by atoms with Crippen LogP contribution in [0.4, 0.5) is 0 Å². The summed E-state index contributed by atoms with van der Waals surface area (Å²) < 4.78 is 5.24. The molecule has 15 heavy (non-hydrogen) atoms. The maximum absolute atomic E-state index is 10.6. The molecule has 1 aromatic rings. The van der Waals surface area contributed by atoms with E-state index in [0.29, 0.717) is 12.5 Å². The number of aromatic hydroxyl groups is 1. The molecule has 82 valence electrons. The van der Waals surface area contributed by atoms with Gasteiger partial charge in [0.2, 0.25) is 0 Å². The highest BCUT2D eigenvalue weighted by molar-refractivity contribution is 5.89. The molecular weight excluding hydrogens is 198 g/mol. The molecule has 0 bridgehead atoms. The van der Waals surface area contributed by atoms with Gasteiger partial charge in [0.05, 0.1) is 6.61 Å². The van der Waals surface area contributed by atoms with Gasteiger partial charge in [-0.15, -0.1) is 0 Å². The molecule has 0 atom stereocenters. The number of aromatic carboxylic acids is 1. The molecule has 5 nitrogen and oxygen atoms in total. The summed E-state index contributed by atoms with van der Waals surface area (Å²) in [6, 6.07) is 1.43.